The normalized spacial score (nSPS) is 10.5. The molecule has 2 aromatic rings. The van der Waals surface area contributed by atoms with Crippen molar-refractivity contribution in [1.82, 2.24) is 15.0 Å². The highest BCUT2D eigenvalue weighted by Gasteiger charge is 2.10. The molecule has 0 aliphatic heterocycles. The Morgan fingerprint density at radius 1 is 1.35 bits per heavy atom. The van der Waals surface area contributed by atoms with Crippen LogP contribution >= 0.6 is 15.9 Å². The molecule has 4 nitrogen and oxygen atoms in total. The molecule has 2 N–H and O–H groups in total. The maximum Gasteiger partial charge on any atom is 0.180 e. The lowest BCUT2D eigenvalue weighted by Crippen LogP contribution is -2.03. The summed E-state index contributed by atoms with van der Waals surface area (Å²) in [4.78, 5) is 12.4. The summed E-state index contributed by atoms with van der Waals surface area (Å²) in [6.45, 7) is 1.97. The molecular weight excluding hydrogens is 287 g/mol. The quantitative estimate of drug-likeness (QED) is 0.925. The molecule has 2 rings (SSSR count). The lowest BCUT2D eigenvalue weighted by Gasteiger charge is -2.06. The minimum Gasteiger partial charge on any atom is -0.383 e. The highest BCUT2D eigenvalue weighted by atomic mass is 79.9. The third-order valence-corrected chi connectivity index (χ3v) is 3.10. The molecule has 17 heavy (non-hydrogen) atoms. The monoisotopic (exact) mass is 296 g/mol. The van der Waals surface area contributed by atoms with E-state index in [2.05, 4.69) is 30.9 Å². The van der Waals surface area contributed by atoms with Crippen LogP contribution in [0.5, 0.6) is 0 Å². The van der Waals surface area contributed by atoms with E-state index in [0.717, 1.165) is 18.3 Å². The molecule has 0 amide bonds. The summed E-state index contributed by atoms with van der Waals surface area (Å²) in [5.74, 6) is 0.370. The van der Waals surface area contributed by atoms with Crippen LogP contribution in [0.4, 0.5) is 10.2 Å². The van der Waals surface area contributed by atoms with Gasteiger partial charge < -0.3 is 5.73 Å². The highest BCUT2D eigenvalue weighted by molar-refractivity contribution is 9.10. The molecule has 0 bridgehead atoms. The maximum absolute atomic E-state index is 12.8. The number of rotatable bonds is 2. The molecule has 0 aromatic carbocycles. The molecule has 0 fully saturated rings. The minimum atomic E-state index is -0.394. The van der Waals surface area contributed by atoms with Gasteiger partial charge in [-0.3, -0.25) is 0 Å². The van der Waals surface area contributed by atoms with E-state index in [1.165, 1.54) is 12.1 Å². The van der Waals surface area contributed by atoms with E-state index in [4.69, 9.17) is 5.73 Å². The number of aromatic nitrogens is 3. The van der Waals surface area contributed by atoms with Crippen LogP contribution in [0.1, 0.15) is 12.6 Å². The summed E-state index contributed by atoms with van der Waals surface area (Å²) in [7, 11) is 0. The zero-order valence-corrected chi connectivity index (χ0v) is 10.7. The van der Waals surface area contributed by atoms with Gasteiger partial charge in [0.2, 0.25) is 0 Å². The first-order valence-electron chi connectivity index (χ1n) is 5.05. The van der Waals surface area contributed by atoms with Crippen molar-refractivity contribution in [2.75, 3.05) is 5.73 Å². The minimum absolute atomic E-state index is 0.359. The van der Waals surface area contributed by atoms with Crippen molar-refractivity contribution in [2.45, 2.75) is 13.3 Å². The molecule has 6 heteroatoms. The lowest BCUT2D eigenvalue weighted by molar-refractivity contribution is 0.621. The Balaban J connectivity index is 2.52. The van der Waals surface area contributed by atoms with Crippen molar-refractivity contribution in [3.63, 3.8) is 0 Å². The van der Waals surface area contributed by atoms with Crippen molar-refractivity contribution in [3.05, 3.63) is 34.3 Å². The van der Waals surface area contributed by atoms with E-state index in [-0.39, 0.29) is 0 Å². The van der Waals surface area contributed by atoms with Gasteiger partial charge in [0.1, 0.15) is 17.3 Å². The van der Waals surface area contributed by atoms with E-state index in [9.17, 15) is 4.39 Å². The summed E-state index contributed by atoms with van der Waals surface area (Å²) in [6.07, 6.45) is 1.85. The standard InChI is InChI=1S/C11H10BrFN4/c1-2-7-9(12)10(14)17-11(16-7)8-4-3-6(13)5-15-8/h3-5H,2H2,1H3,(H2,14,16,17). The first kappa shape index (κ1) is 11.9. The van der Waals surface area contributed by atoms with Crippen molar-refractivity contribution >= 4 is 21.7 Å². The molecule has 0 saturated carbocycles. The van der Waals surface area contributed by atoms with Crippen molar-refractivity contribution in [1.29, 1.82) is 0 Å². The second kappa shape index (κ2) is 4.75. The van der Waals surface area contributed by atoms with Crippen LogP contribution < -0.4 is 5.73 Å². The first-order valence-corrected chi connectivity index (χ1v) is 5.85. The van der Waals surface area contributed by atoms with Gasteiger partial charge in [-0.05, 0) is 34.5 Å². The van der Waals surface area contributed by atoms with Gasteiger partial charge in [-0.25, -0.2) is 19.3 Å². The average molecular weight is 297 g/mol. The number of hydrogen-bond acceptors (Lipinski definition) is 4. The molecule has 0 radical (unpaired) electrons. The molecule has 0 unspecified atom stereocenters. The molecule has 0 saturated heterocycles. The first-order chi connectivity index (χ1) is 8.11. The predicted octanol–water partition coefficient (Wildman–Crippen LogP) is 2.58. The number of nitrogens with two attached hydrogens (primary N) is 1. The van der Waals surface area contributed by atoms with Gasteiger partial charge in [-0.1, -0.05) is 6.92 Å². The fourth-order valence-corrected chi connectivity index (χ4v) is 1.83. The fourth-order valence-electron chi connectivity index (χ4n) is 1.37. The topological polar surface area (TPSA) is 64.7 Å². The van der Waals surface area contributed by atoms with Crippen molar-refractivity contribution < 1.29 is 4.39 Å². The Bertz CT molecular complexity index is 542. The number of nitrogens with zero attached hydrogens (tertiary/aromatic N) is 3. The lowest BCUT2D eigenvalue weighted by atomic mass is 10.3. The molecule has 0 aliphatic carbocycles. The van der Waals surface area contributed by atoms with Gasteiger partial charge >= 0.3 is 0 Å². The number of anilines is 1. The summed E-state index contributed by atoms with van der Waals surface area (Å²) in [6, 6.07) is 2.84. The van der Waals surface area contributed by atoms with Crippen LogP contribution in [-0.2, 0) is 6.42 Å². The summed E-state index contributed by atoms with van der Waals surface area (Å²) in [5.41, 5.74) is 7.07. The van der Waals surface area contributed by atoms with E-state index < -0.39 is 5.82 Å². The zero-order chi connectivity index (χ0) is 12.4. The Kier molecular flexibility index (Phi) is 3.33. The van der Waals surface area contributed by atoms with E-state index in [1.807, 2.05) is 6.92 Å². The van der Waals surface area contributed by atoms with Crippen LogP contribution in [0.25, 0.3) is 11.5 Å². The van der Waals surface area contributed by atoms with Gasteiger partial charge in [-0.2, -0.15) is 0 Å². The molecule has 0 spiro atoms. The average Bonchev–Trinajstić information content (AvgIpc) is 2.33. The number of pyridine rings is 1. The molecule has 2 heterocycles. The number of hydrogen-bond donors (Lipinski definition) is 1. The molecule has 2 aromatic heterocycles. The van der Waals surface area contributed by atoms with Gasteiger partial charge in [0.15, 0.2) is 5.82 Å². The maximum atomic E-state index is 12.8. The summed E-state index contributed by atoms with van der Waals surface area (Å²) in [5, 5.41) is 0. The van der Waals surface area contributed by atoms with Gasteiger partial charge in [0.25, 0.3) is 0 Å². The van der Waals surface area contributed by atoms with Gasteiger partial charge in [0.05, 0.1) is 16.4 Å². The SMILES string of the molecule is CCc1nc(-c2ccc(F)cn2)nc(N)c1Br. The zero-order valence-electron chi connectivity index (χ0n) is 9.11. The second-order valence-electron chi connectivity index (χ2n) is 3.41. The predicted molar refractivity (Wildman–Crippen MR) is 66.7 cm³/mol. The van der Waals surface area contributed by atoms with Gasteiger partial charge in [-0.15, -0.1) is 0 Å². The largest absolute Gasteiger partial charge is 0.383 e. The van der Waals surface area contributed by atoms with Crippen LogP contribution in [0.2, 0.25) is 0 Å². The molecule has 0 aliphatic rings. The van der Waals surface area contributed by atoms with E-state index in [0.29, 0.717) is 21.8 Å². The molecule has 88 valence electrons. The summed E-state index contributed by atoms with van der Waals surface area (Å²) >= 11 is 3.33. The Morgan fingerprint density at radius 2 is 2.12 bits per heavy atom. The third kappa shape index (κ3) is 2.41. The molecule has 0 atom stereocenters. The van der Waals surface area contributed by atoms with Crippen LogP contribution in [0, 0.1) is 5.82 Å². The van der Waals surface area contributed by atoms with Crippen LogP contribution in [-0.4, -0.2) is 15.0 Å². The highest BCUT2D eigenvalue weighted by Crippen LogP contribution is 2.24. The molecular formula is C11H10BrFN4. The van der Waals surface area contributed by atoms with E-state index in [1.54, 1.807) is 0 Å². The fraction of sp³-hybridized carbons (Fsp3) is 0.182. The van der Waals surface area contributed by atoms with E-state index >= 15 is 0 Å². The Hall–Kier alpha value is -1.56. The number of nitrogen functional groups attached to an aromatic ring is 1. The van der Waals surface area contributed by atoms with Crippen LogP contribution in [0.3, 0.4) is 0 Å². The smallest absolute Gasteiger partial charge is 0.180 e. The second-order valence-corrected chi connectivity index (χ2v) is 4.20. The Labute approximate surface area is 106 Å². The van der Waals surface area contributed by atoms with Crippen molar-refractivity contribution in [2.24, 2.45) is 0 Å². The Morgan fingerprint density at radius 3 is 2.71 bits per heavy atom. The van der Waals surface area contributed by atoms with Gasteiger partial charge in [0, 0.05) is 0 Å². The third-order valence-electron chi connectivity index (χ3n) is 2.24. The van der Waals surface area contributed by atoms with Crippen molar-refractivity contribution in [3.8, 4) is 11.5 Å². The number of aryl methyl sites for hydroxylation is 1. The van der Waals surface area contributed by atoms with Crippen LogP contribution in [0.15, 0.2) is 22.8 Å². The summed E-state index contributed by atoms with van der Waals surface area (Å²) < 4.78 is 13.5. The number of halogens is 2.